The topological polar surface area (TPSA) is 32.5 Å². The van der Waals surface area contributed by atoms with Gasteiger partial charge >= 0.3 is 0 Å². The molecule has 106 valence electrons. The van der Waals surface area contributed by atoms with Gasteiger partial charge in [0.1, 0.15) is 0 Å². The summed E-state index contributed by atoms with van der Waals surface area (Å²) in [7, 11) is 2.17. The van der Waals surface area contributed by atoms with Gasteiger partial charge in [0, 0.05) is 48.3 Å². The third-order valence-corrected chi connectivity index (χ3v) is 4.53. The molecule has 1 unspecified atom stereocenters. The van der Waals surface area contributed by atoms with E-state index in [0.717, 1.165) is 54.2 Å². The summed E-state index contributed by atoms with van der Waals surface area (Å²) in [5.41, 5.74) is 7.29. The number of piperazine rings is 1. The van der Waals surface area contributed by atoms with Crippen molar-refractivity contribution in [2.45, 2.75) is 12.5 Å². The van der Waals surface area contributed by atoms with E-state index in [1.165, 1.54) is 0 Å². The summed E-state index contributed by atoms with van der Waals surface area (Å²) in [6.07, 6.45) is 0.949. The molecular formula is C14H21BrClN3. The second kappa shape index (κ2) is 7.04. The Morgan fingerprint density at radius 1 is 1.32 bits per heavy atom. The minimum Gasteiger partial charge on any atom is -0.324 e. The summed E-state index contributed by atoms with van der Waals surface area (Å²) in [5.74, 6) is 0. The number of rotatable bonds is 4. The van der Waals surface area contributed by atoms with Gasteiger partial charge in [-0.2, -0.15) is 0 Å². The largest absolute Gasteiger partial charge is 0.324 e. The van der Waals surface area contributed by atoms with Crippen molar-refractivity contribution < 1.29 is 0 Å². The molecule has 19 heavy (non-hydrogen) atoms. The quantitative estimate of drug-likeness (QED) is 0.910. The van der Waals surface area contributed by atoms with Crippen LogP contribution in [0, 0.1) is 0 Å². The van der Waals surface area contributed by atoms with E-state index in [4.69, 9.17) is 17.3 Å². The molecule has 3 nitrogen and oxygen atoms in total. The molecular weight excluding hydrogens is 326 g/mol. The van der Waals surface area contributed by atoms with Crippen LogP contribution in [0.25, 0.3) is 0 Å². The maximum Gasteiger partial charge on any atom is 0.0464 e. The molecule has 1 aliphatic rings. The zero-order chi connectivity index (χ0) is 13.8. The molecule has 0 saturated carbocycles. The van der Waals surface area contributed by atoms with Gasteiger partial charge in [0.2, 0.25) is 0 Å². The standard InChI is InChI=1S/C14H21BrClN3/c1-18-6-8-19(9-7-18)5-4-14(17)12-3-2-11(15)10-13(12)16/h2-3,10,14H,4-9,17H2,1H3. The minimum absolute atomic E-state index is 0.0141. The lowest BCUT2D eigenvalue weighted by Crippen LogP contribution is -2.45. The summed E-state index contributed by atoms with van der Waals surface area (Å²) >= 11 is 9.65. The molecule has 5 heteroatoms. The Morgan fingerprint density at radius 2 is 2.00 bits per heavy atom. The fraction of sp³-hybridized carbons (Fsp3) is 0.571. The molecule has 0 aliphatic carbocycles. The molecule has 1 atom stereocenters. The maximum absolute atomic E-state index is 6.25. The van der Waals surface area contributed by atoms with Crippen molar-refractivity contribution in [3.05, 3.63) is 33.3 Å². The van der Waals surface area contributed by atoms with Crippen molar-refractivity contribution in [1.82, 2.24) is 9.80 Å². The van der Waals surface area contributed by atoms with Crippen LogP contribution in [0.1, 0.15) is 18.0 Å². The fourth-order valence-corrected chi connectivity index (χ4v) is 3.16. The molecule has 2 rings (SSSR count). The Hall–Kier alpha value is -0.130. The van der Waals surface area contributed by atoms with Gasteiger partial charge in [-0.1, -0.05) is 33.6 Å². The molecule has 2 N–H and O–H groups in total. The Labute approximate surface area is 128 Å². The van der Waals surface area contributed by atoms with E-state index in [1.54, 1.807) is 0 Å². The average molecular weight is 347 g/mol. The average Bonchev–Trinajstić information content (AvgIpc) is 2.37. The first kappa shape index (κ1) is 15.3. The van der Waals surface area contributed by atoms with Crippen LogP contribution in [-0.4, -0.2) is 49.6 Å². The van der Waals surface area contributed by atoms with Crippen LogP contribution in [-0.2, 0) is 0 Å². The second-order valence-corrected chi connectivity index (χ2v) is 6.53. The Bertz CT molecular complexity index is 419. The van der Waals surface area contributed by atoms with E-state index >= 15 is 0 Å². The summed E-state index contributed by atoms with van der Waals surface area (Å²) in [4.78, 5) is 4.84. The highest BCUT2D eigenvalue weighted by atomic mass is 79.9. The van der Waals surface area contributed by atoms with E-state index in [-0.39, 0.29) is 6.04 Å². The van der Waals surface area contributed by atoms with Crippen molar-refractivity contribution in [3.8, 4) is 0 Å². The minimum atomic E-state index is 0.0141. The Kier molecular flexibility index (Phi) is 5.66. The Morgan fingerprint density at radius 3 is 2.63 bits per heavy atom. The van der Waals surface area contributed by atoms with Crippen LogP contribution >= 0.6 is 27.5 Å². The SMILES string of the molecule is CN1CCN(CCC(N)c2ccc(Br)cc2Cl)CC1. The molecule has 1 aromatic carbocycles. The molecule has 0 aromatic heterocycles. The number of nitrogens with zero attached hydrogens (tertiary/aromatic N) is 2. The van der Waals surface area contributed by atoms with E-state index < -0.39 is 0 Å². The zero-order valence-corrected chi connectivity index (χ0v) is 13.6. The number of halogens is 2. The smallest absolute Gasteiger partial charge is 0.0464 e. The molecule has 1 saturated heterocycles. The van der Waals surface area contributed by atoms with Crippen LogP contribution in [0.15, 0.2) is 22.7 Å². The van der Waals surface area contributed by atoms with Crippen molar-refractivity contribution in [1.29, 1.82) is 0 Å². The third-order valence-electron chi connectivity index (χ3n) is 3.71. The van der Waals surface area contributed by atoms with Gasteiger partial charge < -0.3 is 15.5 Å². The number of benzene rings is 1. The lowest BCUT2D eigenvalue weighted by Gasteiger charge is -2.32. The van der Waals surface area contributed by atoms with E-state index in [2.05, 4.69) is 32.8 Å². The molecule has 1 aromatic rings. The van der Waals surface area contributed by atoms with E-state index in [9.17, 15) is 0 Å². The molecule has 0 radical (unpaired) electrons. The second-order valence-electron chi connectivity index (χ2n) is 5.21. The maximum atomic E-state index is 6.25. The molecule has 0 bridgehead atoms. The summed E-state index contributed by atoms with van der Waals surface area (Å²) in [5, 5.41) is 0.750. The van der Waals surface area contributed by atoms with Gasteiger partial charge in [-0.3, -0.25) is 0 Å². The first-order chi connectivity index (χ1) is 9.06. The van der Waals surface area contributed by atoms with Crippen LogP contribution in [0.3, 0.4) is 0 Å². The van der Waals surface area contributed by atoms with Crippen LogP contribution in [0.4, 0.5) is 0 Å². The lowest BCUT2D eigenvalue weighted by atomic mass is 10.0. The van der Waals surface area contributed by atoms with Crippen molar-refractivity contribution >= 4 is 27.5 Å². The Balaban J connectivity index is 1.85. The van der Waals surface area contributed by atoms with Crippen molar-refractivity contribution in [3.63, 3.8) is 0 Å². The first-order valence-electron chi connectivity index (χ1n) is 6.67. The highest BCUT2D eigenvalue weighted by Crippen LogP contribution is 2.27. The number of nitrogens with two attached hydrogens (primary N) is 1. The summed E-state index contributed by atoms with van der Waals surface area (Å²) in [6.45, 7) is 5.61. The predicted molar refractivity (Wildman–Crippen MR) is 84.6 cm³/mol. The number of likely N-dealkylation sites (N-methyl/N-ethyl adjacent to an activating group) is 1. The molecule has 0 amide bonds. The number of hydrogen-bond acceptors (Lipinski definition) is 3. The normalized spacial score (nSPS) is 19.6. The first-order valence-corrected chi connectivity index (χ1v) is 7.85. The van der Waals surface area contributed by atoms with Gasteiger partial charge in [0.25, 0.3) is 0 Å². The van der Waals surface area contributed by atoms with Gasteiger partial charge in [0.05, 0.1) is 0 Å². The van der Waals surface area contributed by atoms with Gasteiger partial charge in [0.15, 0.2) is 0 Å². The van der Waals surface area contributed by atoms with Crippen LogP contribution in [0.5, 0.6) is 0 Å². The zero-order valence-electron chi connectivity index (χ0n) is 11.3. The molecule has 1 fully saturated rings. The van der Waals surface area contributed by atoms with Crippen molar-refractivity contribution in [2.24, 2.45) is 5.73 Å². The van der Waals surface area contributed by atoms with E-state index in [1.807, 2.05) is 18.2 Å². The molecule has 1 aliphatic heterocycles. The van der Waals surface area contributed by atoms with Crippen molar-refractivity contribution in [2.75, 3.05) is 39.8 Å². The van der Waals surface area contributed by atoms with Crippen LogP contribution in [0.2, 0.25) is 5.02 Å². The van der Waals surface area contributed by atoms with Crippen LogP contribution < -0.4 is 5.73 Å². The van der Waals surface area contributed by atoms with E-state index in [0.29, 0.717) is 0 Å². The number of hydrogen-bond donors (Lipinski definition) is 1. The third kappa shape index (κ3) is 4.43. The van der Waals surface area contributed by atoms with Gasteiger partial charge in [-0.25, -0.2) is 0 Å². The van der Waals surface area contributed by atoms with Gasteiger partial charge in [-0.05, 0) is 31.2 Å². The summed E-state index contributed by atoms with van der Waals surface area (Å²) in [6, 6.07) is 5.94. The molecule has 0 spiro atoms. The lowest BCUT2D eigenvalue weighted by molar-refractivity contribution is 0.150. The summed E-state index contributed by atoms with van der Waals surface area (Å²) < 4.78 is 0.993. The highest BCUT2D eigenvalue weighted by Gasteiger charge is 2.16. The monoisotopic (exact) mass is 345 g/mol. The predicted octanol–water partition coefficient (Wildman–Crippen LogP) is 2.74. The highest BCUT2D eigenvalue weighted by molar-refractivity contribution is 9.10. The molecule has 1 heterocycles. The fourth-order valence-electron chi connectivity index (χ4n) is 2.35. The van der Waals surface area contributed by atoms with Gasteiger partial charge in [-0.15, -0.1) is 0 Å².